The lowest BCUT2D eigenvalue weighted by Gasteiger charge is -2.08. The zero-order valence-corrected chi connectivity index (χ0v) is 6.47. The molecule has 1 atom stereocenters. The number of phosphoric acid groups is 1. The summed E-state index contributed by atoms with van der Waals surface area (Å²) < 4.78 is 14.1. The molecular weight excluding hydrogens is 166 g/mol. The van der Waals surface area contributed by atoms with Crippen LogP contribution >= 0.6 is 19.4 Å². The van der Waals surface area contributed by atoms with Crippen molar-refractivity contribution in [2.24, 2.45) is 0 Å². The minimum atomic E-state index is -4.32. The second kappa shape index (κ2) is 3.54. The van der Waals surface area contributed by atoms with E-state index in [0.717, 1.165) is 0 Å². The Hall–Kier alpha value is 0.400. The normalized spacial score (nSPS) is 15.6. The zero-order valence-electron chi connectivity index (χ0n) is 4.82. The molecular formula is C3H8ClO4P. The first-order valence-corrected chi connectivity index (χ1v) is 4.32. The van der Waals surface area contributed by atoms with Crippen molar-refractivity contribution in [3.05, 3.63) is 0 Å². The monoisotopic (exact) mass is 174 g/mol. The summed E-state index contributed by atoms with van der Waals surface area (Å²) in [5, 5.41) is 0. The predicted molar refractivity (Wildman–Crippen MR) is 33.3 cm³/mol. The Balaban J connectivity index is 3.60. The van der Waals surface area contributed by atoms with Crippen molar-refractivity contribution < 1.29 is 18.9 Å². The maximum absolute atomic E-state index is 10.0. The lowest BCUT2D eigenvalue weighted by atomic mass is 10.5. The molecule has 9 heavy (non-hydrogen) atoms. The zero-order chi connectivity index (χ0) is 7.49. The molecule has 0 aliphatic carbocycles. The van der Waals surface area contributed by atoms with Crippen LogP contribution < -0.4 is 0 Å². The van der Waals surface area contributed by atoms with Gasteiger partial charge in [-0.15, -0.1) is 11.6 Å². The predicted octanol–water partition coefficient (Wildman–Crippen LogP) is 0.723. The van der Waals surface area contributed by atoms with Gasteiger partial charge in [0.05, 0.1) is 6.10 Å². The van der Waals surface area contributed by atoms with E-state index in [9.17, 15) is 4.57 Å². The molecule has 0 bridgehead atoms. The van der Waals surface area contributed by atoms with Gasteiger partial charge < -0.3 is 9.79 Å². The first-order chi connectivity index (χ1) is 3.95. The molecule has 0 saturated heterocycles. The van der Waals surface area contributed by atoms with Gasteiger partial charge in [-0.3, -0.25) is 4.52 Å². The molecule has 0 spiro atoms. The maximum Gasteiger partial charge on any atom is 0.469 e. The third-order valence-corrected chi connectivity index (χ3v) is 1.60. The molecule has 0 saturated carbocycles. The van der Waals surface area contributed by atoms with Crippen LogP contribution in [-0.2, 0) is 9.09 Å². The van der Waals surface area contributed by atoms with Crippen LogP contribution in [0.5, 0.6) is 0 Å². The number of rotatable bonds is 3. The Morgan fingerprint density at radius 2 is 2.22 bits per heavy atom. The average Bonchev–Trinajstić information content (AvgIpc) is 1.62. The van der Waals surface area contributed by atoms with E-state index in [1.54, 1.807) is 0 Å². The van der Waals surface area contributed by atoms with Crippen molar-refractivity contribution in [1.82, 2.24) is 0 Å². The van der Waals surface area contributed by atoms with Crippen LogP contribution in [0.4, 0.5) is 0 Å². The lowest BCUT2D eigenvalue weighted by molar-refractivity contribution is 0.158. The molecule has 0 fully saturated rings. The molecule has 0 heterocycles. The first kappa shape index (κ1) is 9.40. The van der Waals surface area contributed by atoms with Gasteiger partial charge in [-0.1, -0.05) is 0 Å². The maximum atomic E-state index is 10.0. The van der Waals surface area contributed by atoms with Crippen molar-refractivity contribution in [2.45, 2.75) is 13.0 Å². The summed E-state index contributed by atoms with van der Waals surface area (Å²) in [6.07, 6.45) is -0.604. The highest BCUT2D eigenvalue weighted by atomic mass is 35.5. The van der Waals surface area contributed by atoms with Gasteiger partial charge in [0.1, 0.15) is 0 Å². The van der Waals surface area contributed by atoms with E-state index in [0.29, 0.717) is 0 Å². The molecule has 0 radical (unpaired) electrons. The third-order valence-electron chi connectivity index (χ3n) is 0.535. The van der Waals surface area contributed by atoms with Crippen LogP contribution in [0, 0.1) is 0 Å². The standard InChI is InChI=1S/C3H8ClO4P/c1-3(2-4)8-9(5,6)7/h3H,2H2,1H3,(H2,5,6,7)/t3-/m0/s1. The fraction of sp³-hybridized carbons (Fsp3) is 1.00. The van der Waals surface area contributed by atoms with E-state index in [1.165, 1.54) is 6.92 Å². The molecule has 0 amide bonds. The fourth-order valence-electron chi connectivity index (χ4n) is 0.263. The summed E-state index contributed by atoms with van der Waals surface area (Å²) in [4.78, 5) is 16.3. The number of halogens is 1. The number of hydrogen-bond acceptors (Lipinski definition) is 2. The highest BCUT2D eigenvalue weighted by Gasteiger charge is 2.17. The van der Waals surface area contributed by atoms with Gasteiger partial charge >= 0.3 is 7.82 Å². The summed E-state index contributed by atoms with van der Waals surface area (Å²) in [5.41, 5.74) is 0. The minimum absolute atomic E-state index is 0.0745. The number of hydrogen-bond donors (Lipinski definition) is 2. The molecule has 0 rings (SSSR count). The van der Waals surface area contributed by atoms with Crippen molar-refractivity contribution in [2.75, 3.05) is 5.88 Å². The SMILES string of the molecule is C[C@@H](CCl)OP(=O)(O)O. The number of phosphoric ester groups is 1. The Labute approximate surface area is 58.0 Å². The minimum Gasteiger partial charge on any atom is -0.303 e. The second-order valence-electron chi connectivity index (χ2n) is 1.56. The molecule has 0 aliphatic heterocycles. The molecule has 0 aliphatic rings. The molecule has 0 unspecified atom stereocenters. The van der Waals surface area contributed by atoms with E-state index >= 15 is 0 Å². The molecule has 0 aromatic rings. The average molecular weight is 175 g/mol. The van der Waals surface area contributed by atoms with Crippen LogP contribution in [0.3, 0.4) is 0 Å². The third kappa shape index (κ3) is 6.28. The van der Waals surface area contributed by atoms with Crippen molar-refractivity contribution in [1.29, 1.82) is 0 Å². The lowest BCUT2D eigenvalue weighted by Crippen LogP contribution is -2.06. The molecule has 0 aromatic carbocycles. The highest BCUT2D eigenvalue weighted by molar-refractivity contribution is 7.46. The Kier molecular flexibility index (Phi) is 3.70. The summed E-state index contributed by atoms with van der Waals surface area (Å²) in [6.45, 7) is 1.48. The summed E-state index contributed by atoms with van der Waals surface area (Å²) in [7, 11) is -4.32. The van der Waals surface area contributed by atoms with E-state index < -0.39 is 13.9 Å². The van der Waals surface area contributed by atoms with E-state index in [1.807, 2.05) is 0 Å². The van der Waals surface area contributed by atoms with Crippen LogP contribution in [0.2, 0.25) is 0 Å². The van der Waals surface area contributed by atoms with Gasteiger partial charge in [-0.05, 0) is 6.92 Å². The van der Waals surface area contributed by atoms with Gasteiger partial charge in [0.2, 0.25) is 0 Å². The quantitative estimate of drug-likeness (QED) is 0.489. The van der Waals surface area contributed by atoms with Crippen LogP contribution in [0.25, 0.3) is 0 Å². The first-order valence-electron chi connectivity index (χ1n) is 2.25. The van der Waals surface area contributed by atoms with Crippen LogP contribution in [-0.4, -0.2) is 21.8 Å². The van der Waals surface area contributed by atoms with Crippen LogP contribution in [0.15, 0.2) is 0 Å². The van der Waals surface area contributed by atoms with Gasteiger partial charge in [0.25, 0.3) is 0 Å². The fourth-order valence-corrected chi connectivity index (χ4v) is 0.957. The Morgan fingerprint density at radius 1 is 1.78 bits per heavy atom. The second-order valence-corrected chi connectivity index (χ2v) is 3.06. The Bertz CT molecular complexity index is 121. The Morgan fingerprint density at radius 3 is 2.33 bits per heavy atom. The smallest absolute Gasteiger partial charge is 0.303 e. The van der Waals surface area contributed by atoms with Crippen molar-refractivity contribution in [3.63, 3.8) is 0 Å². The van der Waals surface area contributed by atoms with Crippen molar-refractivity contribution >= 4 is 19.4 Å². The molecule has 0 aromatic heterocycles. The summed E-state index contributed by atoms with van der Waals surface area (Å²) in [6, 6.07) is 0. The van der Waals surface area contributed by atoms with E-state index in [4.69, 9.17) is 21.4 Å². The molecule has 56 valence electrons. The van der Waals surface area contributed by atoms with Gasteiger partial charge in [-0.2, -0.15) is 0 Å². The topological polar surface area (TPSA) is 66.8 Å². The number of alkyl halides is 1. The molecule has 2 N–H and O–H groups in total. The van der Waals surface area contributed by atoms with E-state index in [-0.39, 0.29) is 5.88 Å². The van der Waals surface area contributed by atoms with E-state index in [2.05, 4.69) is 4.52 Å². The van der Waals surface area contributed by atoms with Crippen molar-refractivity contribution in [3.8, 4) is 0 Å². The van der Waals surface area contributed by atoms with Crippen LogP contribution in [0.1, 0.15) is 6.92 Å². The summed E-state index contributed by atoms with van der Waals surface area (Å²) >= 11 is 5.19. The van der Waals surface area contributed by atoms with Gasteiger partial charge in [0, 0.05) is 5.88 Å². The molecule has 4 nitrogen and oxygen atoms in total. The largest absolute Gasteiger partial charge is 0.469 e. The van der Waals surface area contributed by atoms with Gasteiger partial charge in [0.15, 0.2) is 0 Å². The van der Waals surface area contributed by atoms with Gasteiger partial charge in [-0.25, -0.2) is 4.57 Å². The molecule has 6 heteroatoms. The highest BCUT2D eigenvalue weighted by Crippen LogP contribution is 2.37. The summed E-state index contributed by atoms with van der Waals surface area (Å²) in [5.74, 6) is 0.0745.